The maximum Gasteiger partial charge on any atom is 0.433 e. The second-order valence-electron chi connectivity index (χ2n) is 6.69. The number of aromatic nitrogens is 2. The molecule has 0 radical (unpaired) electrons. The number of halogens is 4. The molecule has 1 saturated heterocycles. The number of hydrogen-bond donors (Lipinski definition) is 1. The van der Waals surface area contributed by atoms with E-state index in [0.29, 0.717) is 31.6 Å². The first kappa shape index (κ1) is 19.2. The number of alkyl halides is 3. The zero-order valence-electron chi connectivity index (χ0n) is 15.1. The predicted octanol–water partition coefficient (Wildman–Crippen LogP) is 3.78. The van der Waals surface area contributed by atoms with E-state index in [1.54, 1.807) is 37.2 Å². The SMILES string of the molecule is CN(C)c1cc(C(F)(F)F)nc(N2CCC(Nc3ccccc3F)CC2)n1. The van der Waals surface area contributed by atoms with Crippen molar-refractivity contribution in [3.8, 4) is 0 Å². The molecule has 0 bridgehead atoms. The minimum atomic E-state index is -4.53. The third-order valence-corrected chi connectivity index (χ3v) is 4.46. The molecule has 0 atom stereocenters. The molecule has 0 unspecified atom stereocenters. The zero-order valence-corrected chi connectivity index (χ0v) is 15.1. The molecular weight excluding hydrogens is 362 g/mol. The van der Waals surface area contributed by atoms with E-state index in [1.807, 2.05) is 0 Å². The molecule has 1 aromatic carbocycles. The molecule has 1 N–H and O–H groups in total. The van der Waals surface area contributed by atoms with Gasteiger partial charge in [-0.3, -0.25) is 0 Å². The number of nitrogens with one attached hydrogen (secondary N) is 1. The molecule has 9 heteroatoms. The topological polar surface area (TPSA) is 44.3 Å². The summed E-state index contributed by atoms with van der Waals surface area (Å²) in [6.07, 6.45) is -3.25. The third kappa shape index (κ3) is 4.58. The van der Waals surface area contributed by atoms with Crippen LogP contribution in [0.4, 0.5) is 35.0 Å². The minimum absolute atomic E-state index is 0.0391. The lowest BCUT2D eigenvalue weighted by molar-refractivity contribution is -0.141. The fourth-order valence-corrected chi connectivity index (χ4v) is 2.96. The molecule has 5 nitrogen and oxygen atoms in total. The van der Waals surface area contributed by atoms with Crippen molar-refractivity contribution < 1.29 is 17.6 Å². The van der Waals surface area contributed by atoms with Crippen LogP contribution in [0.15, 0.2) is 30.3 Å². The van der Waals surface area contributed by atoms with Gasteiger partial charge in [0.1, 0.15) is 11.6 Å². The van der Waals surface area contributed by atoms with E-state index < -0.39 is 11.9 Å². The molecule has 2 heterocycles. The van der Waals surface area contributed by atoms with Crippen molar-refractivity contribution in [3.05, 3.63) is 41.8 Å². The molecular formula is C18H21F4N5. The smallest absolute Gasteiger partial charge is 0.380 e. The van der Waals surface area contributed by atoms with Gasteiger partial charge in [0.05, 0.1) is 5.69 Å². The maximum atomic E-state index is 13.8. The fraction of sp³-hybridized carbons (Fsp3) is 0.444. The number of para-hydroxylation sites is 1. The molecule has 1 aromatic heterocycles. The summed E-state index contributed by atoms with van der Waals surface area (Å²) in [7, 11) is 3.27. The van der Waals surface area contributed by atoms with Gasteiger partial charge >= 0.3 is 6.18 Å². The first-order valence-corrected chi connectivity index (χ1v) is 8.63. The first-order valence-electron chi connectivity index (χ1n) is 8.63. The summed E-state index contributed by atoms with van der Waals surface area (Å²) in [4.78, 5) is 11.2. The Kier molecular flexibility index (Phi) is 5.38. The number of piperidine rings is 1. The Bertz CT molecular complexity index is 786. The van der Waals surface area contributed by atoms with Crippen molar-refractivity contribution >= 4 is 17.5 Å². The summed E-state index contributed by atoms with van der Waals surface area (Å²) in [6, 6.07) is 7.40. The van der Waals surface area contributed by atoms with Crippen LogP contribution in [0.25, 0.3) is 0 Å². The van der Waals surface area contributed by atoms with E-state index in [-0.39, 0.29) is 23.6 Å². The van der Waals surface area contributed by atoms with Crippen LogP contribution in [0.1, 0.15) is 18.5 Å². The molecule has 1 aliphatic rings. The standard InChI is InChI=1S/C18H21F4N5/c1-26(2)16-11-15(18(20,21)22)24-17(25-16)27-9-7-12(8-10-27)23-14-6-4-3-5-13(14)19/h3-6,11-12,23H,7-10H2,1-2H3. The lowest BCUT2D eigenvalue weighted by atomic mass is 10.0. The molecule has 0 aliphatic carbocycles. The lowest BCUT2D eigenvalue weighted by Crippen LogP contribution is -2.40. The van der Waals surface area contributed by atoms with Crippen LogP contribution in [-0.4, -0.2) is 43.2 Å². The molecule has 0 saturated carbocycles. The number of anilines is 3. The van der Waals surface area contributed by atoms with Crippen LogP contribution in [-0.2, 0) is 6.18 Å². The summed E-state index contributed by atoms with van der Waals surface area (Å²) in [5, 5.41) is 3.16. The molecule has 0 spiro atoms. The van der Waals surface area contributed by atoms with Gasteiger partial charge < -0.3 is 15.1 Å². The highest BCUT2D eigenvalue weighted by molar-refractivity contribution is 5.47. The second-order valence-corrected chi connectivity index (χ2v) is 6.69. The first-order chi connectivity index (χ1) is 12.7. The van der Waals surface area contributed by atoms with Crippen LogP contribution in [0.2, 0.25) is 0 Å². The largest absolute Gasteiger partial charge is 0.433 e. The quantitative estimate of drug-likeness (QED) is 0.814. The summed E-state index contributed by atoms with van der Waals surface area (Å²) >= 11 is 0. The van der Waals surface area contributed by atoms with Gasteiger partial charge in [0.2, 0.25) is 5.95 Å². The van der Waals surface area contributed by atoms with Crippen molar-refractivity contribution in [3.63, 3.8) is 0 Å². The highest BCUT2D eigenvalue weighted by Gasteiger charge is 2.35. The van der Waals surface area contributed by atoms with Gasteiger partial charge in [-0.25, -0.2) is 9.37 Å². The average molecular weight is 383 g/mol. The van der Waals surface area contributed by atoms with Crippen molar-refractivity contribution in [2.45, 2.75) is 25.1 Å². The number of rotatable bonds is 4. The van der Waals surface area contributed by atoms with E-state index in [4.69, 9.17) is 0 Å². The Balaban J connectivity index is 1.72. The Morgan fingerprint density at radius 1 is 1.11 bits per heavy atom. The Hall–Kier alpha value is -2.58. The van der Waals surface area contributed by atoms with Crippen molar-refractivity contribution in [2.24, 2.45) is 0 Å². The monoisotopic (exact) mass is 383 g/mol. The Labute approximate surface area is 155 Å². The molecule has 2 aromatic rings. The predicted molar refractivity (Wildman–Crippen MR) is 96.6 cm³/mol. The van der Waals surface area contributed by atoms with E-state index >= 15 is 0 Å². The molecule has 1 fully saturated rings. The van der Waals surface area contributed by atoms with Crippen molar-refractivity contribution in [1.82, 2.24) is 9.97 Å². The number of nitrogens with zero attached hydrogens (tertiary/aromatic N) is 4. The van der Waals surface area contributed by atoms with E-state index in [0.717, 1.165) is 6.07 Å². The third-order valence-electron chi connectivity index (χ3n) is 4.46. The minimum Gasteiger partial charge on any atom is -0.380 e. The van der Waals surface area contributed by atoms with Gasteiger partial charge in [-0.2, -0.15) is 18.2 Å². The van der Waals surface area contributed by atoms with Gasteiger partial charge in [-0.05, 0) is 25.0 Å². The van der Waals surface area contributed by atoms with Gasteiger partial charge in [0.15, 0.2) is 5.69 Å². The summed E-state index contributed by atoms with van der Waals surface area (Å²) in [5.41, 5.74) is -0.524. The summed E-state index contributed by atoms with van der Waals surface area (Å²) < 4.78 is 53.2. The Morgan fingerprint density at radius 3 is 2.37 bits per heavy atom. The van der Waals surface area contributed by atoms with Gasteiger partial charge in [0.25, 0.3) is 0 Å². The average Bonchev–Trinajstić information content (AvgIpc) is 2.63. The van der Waals surface area contributed by atoms with Crippen LogP contribution in [0.3, 0.4) is 0 Å². The molecule has 0 amide bonds. The van der Waals surface area contributed by atoms with Crippen LogP contribution in [0, 0.1) is 5.82 Å². The van der Waals surface area contributed by atoms with Gasteiger partial charge in [-0.1, -0.05) is 12.1 Å². The van der Waals surface area contributed by atoms with E-state index in [1.165, 1.54) is 11.0 Å². The fourth-order valence-electron chi connectivity index (χ4n) is 2.96. The summed E-state index contributed by atoms with van der Waals surface area (Å²) in [5.74, 6) is -0.0476. The Morgan fingerprint density at radius 2 is 1.78 bits per heavy atom. The highest BCUT2D eigenvalue weighted by atomic mass is 19.4. The molecule has 146 valence electrons. The van der Waals surface area contributed by atoms with Gasteiger partial charge in [-0.15, -0.1) is 0 Å². The van der Waals surface area contributed by atoms with E-state index in [2.05, 4.69) is 15.3 Å². The van der Waals surface area contributed by atoms with Crippen molar-refractivity contribution in [2.75, 3.05) is 42.3 Å². The lowest BCUT2D eigenvalue weighted by Gasteiger charge is -2.33. The zero-order chi connectivity index (χ0) is 19.6. The molecule has 27 heavy (non-hydrogen) atoms. The highest BCUT2D eigenvalue weighted by Crippen LogP contribution is 2.31. The van der Waals surface area contributed by atoms with Gasteiger partial charge in [0, 0.05) is 39.3 Å². The number of benzene rings is 1. The summed E-state index contributed by atoms with van der Waals surface area (Å²) in [6.45, 7) is 0.973. The maximum absolute atomic E-state index is 13.8. The normalized spacial score (nSPS) is 15.7. The van der Waals surface area contributed by atoms with Crippen LogP contribution < -0.4 is 15.1 Å². The number of hydrogen-bond acceptors (Lipinski definition) is 5. The second kappa shape index (κ2) is 7.58. The van der Waals surface area contributed by atoms with Crippen LogP contribution in [0.5, 0.6) is 0 Å². The molecule has 3 rings (SSSR count). The van der Waals surface area contributed by atoms with Crippen LogP contribution >= 0.6 is 0 Å². The van der Waals surface area contributed by atoms with E-state index in [9.17, 15) is 17.6 Å². The van der Waals surface area contributed by atoms with Crippen molar-refractivity contribution in [1.29, 1.82) is 0 Å². The molecule has 1 aliphatic heterocycles.